The molecular formula is C19H19N5O2. The number of carbonyl (C=O) groups is 1. The van der Waals surface area contributed by atoms with E-state index >= 15 is 0 Å². The van der Waals surface area contributed by atoms with E-state index in [-0.39, 0.29) is 24.1 Å². The molecule has 0 aliphatic carbocycles. The monoisotopic (exact) mass is 349 g/mol. The van der Waals surface area contributed by atoms with Crippen molar-refractivity contribution in [3.63, 3.8) is 0 Å². The largest absolute Gasteiger partial charge is 0.374 e. The Kier molecular flexibility index (Phi) is 3.33. The SMILES string of the molecule is C[C@@]1(C(=O)Nc2n[nH]c(-c3ccc4ccccc4n3)n2)C[C@H]2CC[C@H]1O2. The molecule has 4 heterocycles. The van der Waals surface area contributed by atoms with E-state index in [0.29, 0.717) is 11.5 Å². The van der Waals surface area contributed by atoms with Crippen molar-refractivity contribution in [1.29, 1.82) is 0 Å². The van der Waals surface area contributed by atoms with Crippen molar-refractivity contribution in [3.05, 3.63) is 36.4 Å². The highest BCUT2D eigenvalue weighted by atomic mass is 16.5. The molecule has 2 saturated heterocycles. The van der Waals surface area contributed by atoms with Gasteiger partial charge in [-0.2, -0.15) is 4.98 Å². The third kappa shape index (κ3) is 2.39. The maximum atomic E-state index is 12.7. The maximum absolute atomic E-state index is 12.7. The quantitative estimate of drug-likeness (QED) is 0.758. The minimum Gasteiger partial charge on any atom is -0.374 e. The number of anilines is 1. The molecule has 2 aromatic heterocycles. The molecule has 0 spiro atoms. The predicted molar refractivity (Wildman–Crippen MR) is 96.4 cm³/mol. The van der Waals surface area contributed by atoms with Gasteiger partial charge in [0.05, 0.1) is 23.1 Å². The standard InChI is InChI=1S/C19H19N5O2/c1-19(10-12-7-9-15(19)26-12)17(25)22-18-21-16(23-24-18)14-8-6-11-4-2-3-5-13(11)20-14/h2-6,8,12,15H,7,9-10H2,1H3,(H2,21,22,23,24,25)/t12-,15-,19-/m1/s1. The fraction of sp³-hybridized carbons (Fsp3) is 0.368. The highest BCUT2D eigenvalue weighted by molar-refractivity contribution is 5.94. The second kappa shape index (κ2) is 5.60. The Hall–Kier alpha value is -2.80. The molecule has 7 heteroatoms. The summed E-state index contributed by atoms with van der Waals surface area (Å²) >= 11 is 0. The molecule has 0 radical (unpaired) electrons. The molecule has 5 rings (SSSR count). The number of aromatic amines is 1. The second-order valence-corrected chi connectivity index (χ2v) is 7.30. The second-order valence-electron chi connectivity index (χ2n) is 7.30. The number of para-hydroxylation sites is 1. The number of hydrogen-bond donors (Lipinski definition) is 2. The number of nitrogens with one attached hydrogen (secondary N) is 2. The van der Waals surface area contributed by atoms with Crippen LogP contribution in [0, 0.1) is 5.41 Å². The van der Waals surface area contributed by atoms with Gasteiger partial charge in [0.15, 0.2) is 5.82 Å². The van der Waals surface area contributed by atoms with Gasteiger partial charge in [0.2, 0.25) is 11.9 Å². The van der Waals surface area contributed by atoms with Crippen LogP contribution in [-0.4, -0.2) is 38.3 Å². The zero-order valence-electron chi connectivity index (χ0n) is 14.4. The first-order valence-electron chi connectivity index (χ1n) is 8.87. The van der Waals surface area contributed by atoms with E-state index in [1.165, 1.54) is 0 Å². The number of hydrogen-bond acceptors (Lipinski definition) is 5. The first-order valence-corrected chi connectivity index (χ1v) is 8.87. The fourth-order valence-corrected chi connectivity index (χ4v) is 4.04. The normalized spacial score (nSPS) is 27.1. The van der Waals surface area contributed by atoms with Gasteiger partial charge in [-0.25, -0.2) is 4.98 Å². The van der Waals surface area contributed by atoms with E-state index < -0.39 is 5.41 Å². The first kappa shape index (κ1) is 15.5. The van der Waals surface area contributed by atoms with E-state index in [9.17, 15) is 4.79 Å². The molecule has 2 aliphatic rings. The van der Waals surface area contributed by atoms with Crippen LogP contribution >= 0.6 is 0 Å². The summed E-state index contributed by atoms with van der Waals surface area (Å²) in [5.41, 5.74) is 1.06. The lowest BCUT2D eigenvalue weighted by Crippen LogP contribution is -2.41. The van der Waals surface area contributed by atoms with Crippen LogP contribution in [0.1, 0.15) is 26.2 Å². The van der Waals surface area contributed by atoms with Gasteiger partial charge in [-0.1, -0.05) is 24.3 Å². The molecule has 2 fully saturated rings. The molecule has 2 bridgehead atoms. The highest BCUT2D eigenvalue weighted by Gasteiger charge is 2.54. The molecule has 2 N–H and O–H groups in total. The average Bonchev–Trinajstić information content (AvgIpc) is 3.37. The zero-order valence-corrected chi connectivity index (χ0v) is 14.4. The maximum Gasteiger partial charge on any atom is 0.249 e. The van der Waals surface area contributed by atoms with Gasteiger partial charge < -0.3 is 4.74 Å². The molecule has 0 unspecified atom stereocenters. The van der Waals surface area contributed by atoms with E-state index in [1.807, 2.05) is 43.3 Å². The summed E-state index contributed by atoms with van der Waals surface area (Å²) in [5.74, 6) is 0.714. The van der Waals surface area contributed by atoms with Crippen LogP contribution in [0.2, 0.25) is 0 Å². The van der Waals surface area contributed by atoms with Gasteiger partial charge in [-0.05, 0) is 38.3 Å². The van der Waals surface area contributed by atoms with E-state index in [4.69, 9.17) is 4.74 Å². The number of benzene rings is 1. The summed E-state index contributed by atoms with van der Waals surface area (Å²) in [6.45, 7) is 1.96. The van der Waals surface area contributed by atoms with E-state index in [2.05, 4.69) is 25.5 Å². The minimum atomic E-state index is -0.509. The molecule has 1 aromatic carbocycles. The van der Waals surface area contributed by atoms with Gasteiger partial charge in [-0.3, -0.25) is 15.2 Å². The molecule has 2 aliphatic heterocycles. The van der Waals surface area contributed by atoms with Crippen LogP contribution < -0.4 is 5.32 Å². The van der Waals surface area contributed by atoms with Gasteiger partial charge in [0.1, 0.15) is 5.69 Å². The van der Waals surface area contributed by atoms with Crippen LogP contribution in [0.5, 0.6) is 0 Å². The summed E-state index contributed by atoms with van der Waals surface area (Å²) in [4.78, 5) is 21.7. The molecule has 3 aromatic rings. The Morgan fingerprint density at radius 2 is 2.12 bits per heavy atom. The lowest BCUT2D eigenvalue weighted by molar-refractivity contribution is -0.127. The molecule has 0 saturated carbocycles. The van der Waals surface area contributed by atoms with Crippen molar-refractivity contribution in [3.8, 4) is 11.5 Å². The van der Waals surface area contributed by atoms with E-state index in [0.717, 1.165) is 30.2 Å². The van der Waals surface area contributed by atoms with Crippen LogP contribution in [-0.2, 0) is 9.53 Å². The Bertz CT molecular complexity index is 1000. The van der Waals surface area contributed by atoms with Crippen LogP contribution in [0.15, 0.2) is 36.4 Å². The van der Waals surface area contributed by atoms with Crippen LogP contribution in [0.3, 0.4) is 0 Å². The van der Waals surface area contributed by atoms with Gasteiger partial charge in [0, 0.05) is 5.39 Å². The van der Waals surface area contributed by atoms with E-state index in [1.54, 1.807) is 0 Å². The number of carbonyl (C=O) groups excluding carboxylic acids is 1. The number of ether oxygens (including phenoxy) is 1. The molecule has 7 nitrogen and oxygen atoms in total. The fourth-order valence-electron chi connectivity index (χ4n) is 4.04. The molecule has 3 atom stereocenters. The Labute approximate surface area is 150 Å². The number of nitrogens with zero attached hydrogens (tertiary/aromatic N) is 3. The lowest BCUT2D eigenvalue weighted by Gasteiger charge is -2.28. The Balaban J connectivity index is 1.37. The molecule has 26 heavy (non-hydrogen) atoms. The van der Waals surface area contributed by atoms with Gasteiger partial charge in [0.25, 0.3) is 0 Å². The summed E-state index contributed by atoms with van der Waals surface area (Å²) in [5, 5.41) is 10.9. The number of aromatic nitrogens is 4. The molecular weight excluding hydrogens is 330 g/mol. The number of amides is 1. The molecule has 132 valence electrons. The lowest BCUT2D eigenvalue weighted by atomic mass is 9.75. The van der Waals surface area contributed by atoms with Crippen LogP contribution in [0.4, 0.5) is 5.95 Å². The topological polar surface area (TPSA) is 92.8 Å². The highest BCUT2D eigenvalue weighted by Crippen LogP contribution is 2.47. The van der Waals surface area contributed by atoms with Crippen molar-refractivity contribution in [2.24, 2.45) is 5.41 Å². The smallest absolute Gasteiger partial charge is 0.249 e. The summed E-state index contributed by atoms with van der Waals surface area (Å²) in [6, 6.07) is 11.8. The van der Waals surface area contributed by atoms with Crippen LogP contribution in [0.25, 0.3) is 22.4 Å². The molecule has 1 amide bonds. The predicted octanol–water partition coefficient (Wildman–Crippen LogP) is 2.92. The average molecular weight is 349 g/mol. The van der Waals surface area contributed by atoms with Gasteiger partial charge in [-0.15, -0.1) is 5.10 Å². The Morgan fingerprint density at radius 1 is 1.23 bits per heavy atom. The Morgan fingerprint density at radius 3 is 2.92 bits per heavy atom. The van der Waals surface area contributed by atoms with Crippen molar-refractivity contribution in [2.45, 2.75) is 38.4 Å². The number of H-pyrrole nitrogens is 1. The number of pyridine rings is 1. The minimum absolute atomic E-state index is 0.00642. The summed E-state index contributed by atoms with van der Waals surface area (Å²) < 4.78 is 5.84. The third-order valence-corrected chi connectivity index (χ3v) is 5.54. The van der Waals surface area contributed by atoms with Gasteiger partial charge >= 0.3 is 0 Å². The van der Waals surface area contributed by atoms with Crippen molar-refractivity contribution in [1.82, 2.24) is 20.2 Å². The zero-order chi connectivity index (χ0) is 17.7. The van der Waals surface area contributed by atoms with Crippen molar-refractivity contribution < 1.29 is 9.53 Å². The first-order chi connectivity index (χ1) is 12.6. The summed E-state index contributed by atoms with van der Waals surface area (Å²) in [7, 11) is 0. The van der Waals surface area contributed by atoms with Crippen molar-refractivity contribution >= 4 is 22.8 Å². The summed E-state index contributed by atoms with van der Waals surface area (Å²) in [6.07, 6.45) is 2.95. The van der Waals surface area contributed by atoms with Crippen molar-refractivity contribution in [2.75, 3.05) is 5.32 Å². The third-order valence-electron chi connectivity index (χ3n) is 5.54. The number of fused-ring (bicyclic) bond motifs is 3. The number of rotatable bonds is 3.